The van der Waals surface area contributed by atoms with E-state index in [0.717, 1.165) is 32.7 Å². The minimum atomic E-state index is 0.293. The molecule has 4 heteroatoms. The SMILES string of the molecule is CN1CCN(CCNCc2cccnc2)CC1(C)C. The molecule has 2 rings (SSSR count). The molecule has 1 aromatic rings. The topological polar surface area (TPSA) is 31.4 Å². The lowest BCUT2D eigenvalue weighted by Crippen LogP contribution is -2.58. The summed E-state index contributed by atoms with van der Waals surface area (Å²) in [7, 11) is 2.22. The van der Waals surface area contributed by atoms with Crippen molar-refractivity contribution in [3.63, 3.8) is 0 Å². The van der Waals surface area contributed by atoms with Gasteiger partial charge in [-0.25, -0.2) is 0 Å². The van der Waals surface area contributed by atoms with Gasteiger partial charge < -0.3 is 5.32 Å². The van der Waals surface area contributed by atoms with Gasteiger partial charge in [-0.05, 0) is 32.5 Å². The average molecular weight is 262 g/mol. The molecule has 0 atom stereocenters. The van der Waals surface area contributed by atoms with Crippen LogP contribution in [0.4, 0.5) is 0 Å². The third kappa shape index (κ3) is 4.27. The van der Waals surface area contributed by atoms with E-state index in [1.165, 1.54) is 12.1 Å². The highest BCUT2D eigenvalue weighted by Crippen LogP contribution is 2.18. The largest absolute Gasteiger partial charge is 0.311 e. The Labute approximate surface area is 116 Å². The predicted octanol–water partition coefficient (Wildman–Crippen LogP) is 1.20. The Morgan fingerprint density at radius 1 is 1.37 bits per heavy atom. The maximum Gasteiger partial charge on any atom is 0.0312 e. The summed E-state index contributed by atoms with van der Waals surface area (Å²) in [4.78, 5) is 9.13. The Morgan fingerprint density at radius 3 is 2.89 bits per heavy atom. The fourth-order valence-electron chi connectivity index (χ4n) is 2.50. The molecule has 0 bridgehead atoms. The van der Waals surface area contributed by atoms with Gasteiger partial charge in [-0.2, -0.15) is 0 Å². The molecule has 0 amide bonds. The monoisotopic (exact) mass is 262 g/mol. The van der Waals surface area contributed by atoms with E-state index in [-0.39, 0.29) is 0 Å². The maximum absolute atomic E-state index is 4.12. The van der Waals surface area contributed by atoms with Crippen molar-refractivity contribution in [2.24, 2.45) is 0 Å². The van der Waals surface area contributed by atoms with Crippen LogP contribution in [0.2, 0.25) is 0 Å². The number of hydrogen-bond acceptors (Lipinski definition) is 4. The fraction of sp³-hybridized carbons (Fsp3) is 0.667. The van der Waals surface area contributed by atoms with Gasteiger partial charge in [0, 0.05) is 57.2 Å². The third-order valence-electron chi connectivity index (χ3n) is 4.05. The summed E-state index contributed by atoms with van der Waals surface area (Å²) in [6.45, 7) is 11.2. The zero-order chi connectivity index (χ0) is 13.7. The second-order valence-corrected chi connectivity index (χ2v) is 6.05. The fourth-order valence-corrected chi connectivity index (χ4v) is 2.50. The average Bonchev–Trinajstić information content (AvgIpc) is 2.40. The number of rotatable bonds is 5. The quantitative estimate of drug-likeness (QED) is 0.808. The lowest BCUT2D eigenvalue weighted by molar-refractivity contribution is 0.0407. The van der Waals surface area contributed by atoms with Gasteiger partial charge in [-0.1, -0.05) is 6.07 Å². The summed E-state index contributed by atoms with van der Waals surface area (Å²) in [5, 5.41) is 3.49. The van der Waals surface area contributed by atoms with Crippen molar-refractivity contribution in [2.45, 2.75) is 25.9 Å². The molecule has 0 unspecified atom stereocenters. The summed E-state index contributed by atoms with van der Waals surface area (Å²) in [6, 6.07) is 4.10. The van der Waals surface area contributed by atoms with E-state index in [0.29, 0.717) is 5.54 Å². The number of piperazine rings is 1. The first-order chi connectivity index (χ1) is 9.08. The highest BCUT2D eigenvalue weighted by Gasteiger charge is 2.30. The van der Waals surface area contributed by atoms with Crippen molar-refractivity contribution in [1.29, 1.82) is 0 Å². The molecule has 0 aromatic carbocycles. The van der Waals surface area contributed by atoms with Gasteiger partial charge in [-0.3, -0.25) is 14.8 Å². The standard InChI is InChI=1S/C15H26N4/c1-15(2)13-19(10-9-18(15)3)8-7-17-12-14-5-4-6-16-11-14/h4-6,11,17H,7-10,12-13H2,1-3H3. The van der Waals surface area contributed by atoms with Crippen molar-refractivity contribution >= 4 is 0 Å². The Balaban J connectivity index is 1.66. The molecule has 19 heavy (non-hydrogen) atoms. The van der Waals surface area contributed by atoms with Crippen LogP contribution in [-0.2, 0) is 6.54 Å². The van der Waals surface area contributed by atoms with E-state index in [4.69, 9.17) is 0 Å². The van der Waals surface area contributed by atoms with Gasteiger partial charge >= 0.3 is 0 Å². The van der Waals surface area contributed by atoms with Crippen LogP contribution in [0.5, 0.6) is 0 Å². The van der Waals surface area contributed by atoms with Crippen LogP contribution >= 0.6 is 0 Å². The molecule has 1 aromatic heterocycles. The lowest BCUT2D eigenvalue weighted by atomic mass is 10.00. The highest BCUT2D eigenvalue weighted by molar-refractivity contribution is 5.07. The van der Waals surface area contributed by atoms with Crippen LogP contribution in [0.1, 0.15) is 19.4 Å². The lowest BCUT2D eigenvalue weighted by Gasteiger charge is -2.45. The minimum absolute atomic E-state index is 0.293. The number of hydrogen-bond donors (Lipinski definition) is 1. The van der Waals surface area contributed by atoms with Crippen LogP contribution in [0.25, 0.3) is 0 Å². The number of pyridine rings is 1. The Hall–Kier alpha value is -0.970. The van der Waals surface area contributed by atoms with E-state index in [1.54, 1.807) is 0 Å². The van der Waals surface area contributed by atoms with Crippen molar-refractivity contribution < 1.29 is 0 Å². The van der Waals surface area contributed by atoms with Crippen LogP contribution in [0.3, 0.4) is 0 Å². The third-order valence-corrected chi connectivity index (χ3v) is 4.05. The molecule has 0 spiro atoms. The maximum atomic E-state index is 4.12. The van der Waals surface area contributed by atoms with Gasteiger partial charge in [0.1, 0.15) is 0 Å². The first kappa shape index (κ1) is 14.4. The van der Waals surface area contributed by atoms with Crippen LogP contribution in [-0.4, -0.2) is 60.1 Å². The number of aromatic nitrogens is 1. The molecule has 0 saturated carbocycles. The molecule has 2 heterocycles. The van der Waals surface area contributed by atoms with Gasteiger partial charge in [-0.15, -0.1) is 0 Å². The Morgan fingerprint density at radius 2 is 2.21 bits per heavy atom. The number of likely N-dealkylation sites (N-methyl/N-ethyl adjacent to an activating group) is 1. The summed E-state index contributed by atoms with van der Waals surface area (Å²) in [6.07, 6.45) is 3.74. The zero-order valence-corrected chi connectivity index (χ0v) is 12.4. The van der Waals surface area contributed by atoms with E-state index in [2.05, 4.69) is 47.1 Å². The van der Waals surface area contributed by atoms with Crippen molar-refractivity contribution in [2.75, 3.05) is 39.8 Å². The van der Waals surface area contributed by atoms with E-state index < -0.39 is 0 Å². The van der Waals surface area contributed by atoms with Crippen molar-refractivity contribution in [3.8, 4) is 0 Å². The van der Waals surface area contributed by atoms with E-state index >= 15 is 0 Å². The molecule has 0 radical (unpaired) electrons. The second kappa shape index (κ2) is 6.46. The summed E-state index contributed by atoms with van der Waals surface area (Å²) >= 11 is 0. The Bertz CT molecular complexity index is 377. The summed E-state index contributed by atoms with van der Waals surface area (Å²) < 4.78 is 0. The Kier molecular flexibility index (Phi) is 4.91. The predicted molar refractivity (Wildman–Crippen MR) is 79.1 cm³/mol. The molecular formula is C15H26N4. The van der Waals surface area contributed by atoms with Gasteiger partial charge in [0.15, 0.2) is 0 Å². The van der Waals surface area contributed by atoms with E-state index in [1.807, 2.05) is 18.5 Å². The van der Waals surface area contributed by atoms with E-state index in [9.17, 15) is 0 Å². The minimum Gasteiger partial charge on any atom is -0.311 e. The van der Waals surface area contributed by atoms with Crippen LogP contribution in [0, 0.1) is 0 Å². The molecule has 1 N–H and O–H groups in total. The van der Waals surface area contributed by atoms with Crippen molar-refractivity contribution in [1.82, 2.24) is 20.1 Å². The zero-order valence-electron chi connectivity index (χ0n) is 12.4. The molecule has 1 fully saturated rings. The summed E-state index contributed by atoms with van der Waals surface area (Å²) in [5.41, 5.74) is 1.54. The molecule has 1 saturated heterocycles. The molecule has 4 nitrogen and oxygen atoms in total. The molecular weight excluding hydrogens is 236 g/mol. The molecule has 1 aliphatic heterocycles. The first-order valence-corrected chi connectivity index (χ1v) is 7.11. The summed E-state index contributed by atoms with van der Waals surface area (Å²) in [5.74, 6) is 0. The first-order valence-electron chi connectivity index (χ1n) is 7.11. The number of nitrogens with zero attached hydrogens (tertiary/aromatic N) is 3. The molecule has 1 aliphatic rings. The smallest absolute Gasteiger partial charge is 0.0312 e. The molecule has 106 valence electrons. The van der Waals surface area contributed by atoms with Crippen molar-refractivity contribution in [3.05, 3.63) is 30.1 Å². The van der Waals surface area contributed by atoms with Gasteiger partial charge in [0.2, 0.25) is 0 Å². The highest BCUT2D eigenvalue weighted by atomic mass is 15.3. The van der Waals surface area contributed by atoms with Crippen LogP contribution in [0.15, 0.2) is 24.5 Å². The second-order valence-electron chi connectivity index (χ2n) is 6.05. The number of nitrogens with one attached hydrogen (secondary N) is 1. The van der Waals surface area contributed by atoms with Gasteiger partial charge in [0.05, 0.1) is 0 Å². The van der Waals surface area contributed by atoms with Gasteiger partial charge in [0.25, 0.3) is 0 Å². The molecule has 0 aliphatic carbocycles. The normalized spacial score (nSPS) is 20.6. The van der Waals surface area contributed by atoms with Crippen LogP contribution < -0.4 is 5.32 Å².